The Morgan fingerprint density at radius 1 is 1.52 bits per heavy atom. The van der Waals surface area contributed by atoms with Gasteiger partial charge in [0.15, 0.2) is 0 Å². The van der Waals surface area contributed by atoms with E-state index in [0.717, 1.165) is 24.7 Å². The summed E-state index contributed by atoms with van der Waals surface area (Å²) in [6.45, 7) is 6.32. The summed E-state index contributed by atoms with van der Waals surface area (Å²) in [6, 6.07) is 5.51. The van der Waals surface area contributed by atoms with Crippen molar-refractivity contribution in [3.63, 3.8) is 0 Å². The molecule has 114 valence electrons. The van der Waals surface area contributed by atoms with Gasteiger partial charge in [-0.25, -0.2) is 9.18 Å². The highest BCUT2D eigenvalue weighted by atomic mass is 19.1. The minimum atomic E-state index is -1.07. The van der Waals surface area contributed by atoms with Crippen LogP contribution in [0.25, 0.3) is 6.08 Å². The van der Waals surface area contributed by atoms with Crippen LogP contribution in [0.5, 0.6) is 0 Å². The van der Waals surface area contributed by atoms with Gasteiger partial charge in [-0.05, 0) is 49.1 Å². The van der Waals surface area contributed by atoms with E-state index in [2.05, 4.69) is 18.7 Å². The van der Waals surface area contributed by atoms with Crippen LogP contribution in [0.2, 0.25) is 0 Å². The average Bonchev–Trinajstić information content (AvgIpc) is 2.87. The van der Waals surface area contributed by atoms with Crippen LogP contribution in [0.15, 0.2) is 24.3 Å². The minimum absolute atomic E-state index is 0.329. The Hall–Kier alpha value is -1.68. The zero-order valence-electron chi connectivity index (χ0n) is 12.6. The normalized spacial score (nSPS) is 19.7. The average molecular weight is 291 g/mol. The van der Waals surface area contributed by atoms with Crippen molar-refractivity contribution in [3.8, 4) is 0 Å². The van der Waals surface area contributed by atoms with Crippen molar-refractivity contribution in [3.05, 3.63) is 41.2 Å². The quantitative estimate of drug-likeness (QED) is 0.844. The number of carbonyl (C=O) groups is 1. The number of carboxylic acid groups (broad SMARTS) is 1. The van der Waals surface area contributed by atoms with Crippen molar-refractivity contribution in [1.82, 2.24) is 4.90 Å². The molecule has 1 atom stereocenters. The molecule has 1 saturated heterocycles. The lowest BCUT2D eigenvalue weighted by Crippen LogP contribution is -2.32. The van der Waals surface area contributed by atoms with E-state index in [4.69, 9.17) is 5.11 Å². The Morgan fingerprint density at radius 3 is 2.95 bits per heavy atom. The van der Waals surface area contributed by atoms with Crippen molar-refractivity contribution in [2.24, 2.45) is 5.92 Å². The van der Waals surface area contributed by atoms with Gasteiger partial charge in [0.1, 0.15) is 5.82 Å². The Labute approximate surface area is 125 Å². The van der Waals surface area contributed by atoms with Crippen LogP contribution in [-0.4, -0.2) is 28.6 Å². The molecule has 1 unspecified atom stereocenters. The van der Waals surface area contributed by atoms with Crippen molar-refractivity contribution >= 4 is 12.0 Å². The number of benzene rings is 1. The van der Waals surface area contributed by atoms with Gasteiger partial charge >= 0.3 is 5.97 Å². The van der Waals surface area contributed by atoms with E-state index >= 15 is 0 Å². The first-order valence-corrected chi connectivity index (χ1v) is 7.41. The molecule has 2 rings (SSSR count). The lowest BCUT2D eigenvalue weighted by atomic mass is 10.0. The fourth-order valence-electron chi connectivity index (χ4n) is 3.02. The van der Waals surface area contributed by atoms with E-state index < -0.39 is 11.8 Å². The van der Waals surface area contributed by atoms with Crippen LogP contribution in [0.1, 0.15) is 37.8 Å². The fraction of sp³-hybridized carbons (Fsp3) is 0.471. The molecule has 0 aliphatic carbocycles. The van der Waals surface area contributed by atoms with Crippen LogP contribution in [0, 0.1) is 11.7 Å². The highest BCUT2D eigenvalue weighted by Gasteiger charge is 2.26. The van der Waals surface area contributed by atoms with Crippen LogP contribution in [-0.2, 0) is 11.3 Å². The van der Waals surface area contributed by atoms with Crippen LogP contribution in [0.3, 0.4) is 0 Å². The van der Waals surface area contributed by atoms with Gasteiger partial charge in [0.2, 0.25) is 0 Å². The predicted molar refractivity (Wildman–Crippen MR) is 81.3 cm³/mol. The molecule has 1 aliphatic heterocycles. The summed E-state index contributed by atoms with van der Waals surface area (Å²) in [5.41, 5.74) is 1.35. The van der Waals surface area contributed by atoms with E-state index in [1.54, 1.807) is 12.1 Å². The third kappa shape index (κ3) is 4.14. The summed E-state index contributed by atoms with van der Waals surface area (Å²) in [5, 5.41) is 8.64. The highest BCUT2D eigenvalue weighted by Crippen LogP contribution is 2.26. The number of hydrogen-bond donors (Lipinski definition) is 1. The lowest BCUT2D eigenvalue weighted by Gasteiger charge is -2.27. The van der Waals surface area contributed by atoms with Gasteiger partial charge in [0.05, 0.1) is 0 Å². The SMILES string of the molecule is CC(C)C1CCCN1Cc1ccc(F)c(C=CC(=O)O)c1. The van der Waals surface area contributed by atoms with E-state index in [1.165, 1.54) is 25.0 Å². The van der Waals surface area contributed by atoms with Crippen molar-refractivity contribution < 1.29 is 14.3 Å². The monoisotopic (exact) mass is 291 g/mol. The molecule has 0 bridgehead atoms. The molecule has 1 fully saturated rings. The van der Waals surface area contributed by atoms with Gasteiger partial charge in [-0.2, -0.15) is 0 Å². The Morgan fingerprint density at radius 2 is 2.29 bits per heavy atom. The number of likely N-dealkylation sites (tertiary alicyclic amines) is 1. The molecule has 3 nitrogen and oxygen atoms in total. The maximum absolute atomic E-state index is 13.7. The van der Waals surface area contributed by atoms with E-state index in [1.807, 2.05) is 0 Å². The molecule has 0 amide bonds. The number of hydrogen-bond acceptors (Lipinski definition) is 2. The molecule has 0 saturated carbocycles. The van der Waals surface area contributed by atoms with Gasteiger partial charge in [0, 0.05) is 24.2 Å². The van der Waals surface area contributed by atoms with Gasteiger partial charge in [0.25, 0.3) is 0 Å². The number of rotatable bonds is 5. The van der Waals surface area contributed by atoms with Crippen molar-refractivity contribution in [2.75, 3.05) is 6.54 Å². The Kier molecular flexibility index (Phi) is 5.12. The van der Waals surface area contributed by atoms with Crippen molar-refractivity contribution in [2.45, 2.75) is 39.3 Å². The third-order valence-corrected chi connectivity index (χ3v) is 4.04. The minimum Gasteiger partial charge on any atom is -0.478 e. The summed E-state index contributed by atoms with van der Waals surface area (Å²) in [7, 11) is 0. The summed E-state index contributed by atoms with van der Waals surface area (Å²) < 4.78 is 13.7. The number of nitrogens with zero attached hydrogens (tertiary/aromatic N) is 1. The highest BCUT2D eigenvalue weighted by molar-refractivity contribution is 5.85. The van der Waals surface area contributed by atoms with E-state index in [9.17, 15) is 9.18 Å². The summed E-state index contributed by atoms with van der Waals surface area (Å²) >= 11 is 0. The molecule has 1 aromatic rings. The predicted octanol–water partition coefficient (Wildman–Crippen LogP) is 3.54. The zero-order valence-corrected chi connectivity index (χ0v) is 12.6. The first-order chi connectivity index (χ1) is 9.97. The summed E-state index contributed by atoms with van der Waals surface area (Å²) in [5.74, 6) is -0.850. The maximum atomic E-state index is 13.7. The maximum Gasteiger partial charge on any atom is 0.328 e. The molecule has 1 N–H and O–H groups in total. The fourth-order valence-corrected chi connectivity index (χ4v) is 3.02. The first-order valence-electron chi connectivity index (χ1n) is 7.41. The summed E-state index contributed by atoms with van der Waals surface area (Å²) in [6.07, 6.45) is 4.69. The second kappa shape index (κ2) is 6.85. The van der Waals surface area contributed by atoms with Gasteiger partial charge in [-0.15, -0.1) is 0 Å². The van der Waals surface area contributed by atoms with Crippen LogP contribution >= 0.6 is 0 Å². The largest absolute Gasteiger partial charge is 0.478 e. The third-order valence-electron chi connectivity index (χ3n) is 4.04. The number of halogens is 1. The van der Waals surface area contributed by atoms with E-state index in [0.29, 0.717) is 17.5 Å². The number of aliphatic carboxylic acids is 1. The second-order valence-electron chi connectivity index (χ2n) is 5.95. The van der Waals surface area contributed by atoms with Crippen molar-refractivity contribution in [1.29, 1.82) is 0 Å². The summed E-state index contributed by atoms with van der Waals surface area (Å²) in [4.78, 5) is 13.0. The topological polar surface area (TPSA) is 40.5 Å². The molecule has 1 aromatic carbocycles. The second-order valence-corrected chi connectivity index (χ2v) is 5.95. The Bertz CT molecular complexity index is 540. The van der Waals surface area contributed by atoms with Gasteiger partial charge in [-0.1, -0.05) is 19.9 Å². The van der Waals surface area contributed by atoms with E-state index in [-0.39, 0.29) is 0 Å². The first kappa shape index (κ1) is 15.7. The lowest BCUT2D eigenvalue weighted by molar-refractivity contribution is -0.131. The van der Waals surface area contributed by atoms with Crippen LogP contribution < -0.4 is 0 Å². The molecule has 21 heavy (non-hydrogen) atoms. The van der Waals surface area contributed by atoms with Gasteiger partial charge in [-0.3, -0.25) is 4.90 Å². The Balaban J connectivity index is 2.13. The molecule has 0 radical (unpaired) electrons. The van der Waals surface area contributed by atoms with Gasteiger partial charge < -0.3 is 5.11 Å². The van der Waals surface area contributed by atoms with Crippen LogP contribution in [0.4, 0.5) is 4.39 Å². The molecule has 0 spiro atoms. The number of carboxylic acids is 1. The molecule has 1 aliphatic rings. The smallest absolute Gasteiger partial charge is 0.328 e. The molecule has 1 heterocycles. The standard InChI is InChI=1S/C17H22FNO2/c1-12(2)16-4-3-9-19(16)11-13-5-7-15(18)14(10-13)6-8-17(20)21/h5-8,10,12,16H,3-4,9,11H2,1-2H3,(H,20,21). The molecule has 0 aromatic heterocycles. The molecular weight excluding hydrogens is 269 g/mol. The molecule has 4 heteroatoms. The zero-order chi connectivity index (χ0) is 15.4. The molecular formula is C17H22FNO2.